The third-order valence-corrected chi connectivity index (χ3v) is 1.72. The average Bonchev–Trinajstić information content (AvgIpc) is 1.68. The van der Waals surface area contributed by atoms with Crippen molar-refractivity contribution in [3.05, 3.63) is 0 Å². The fourth-order valence-electron chi connectivity index (χ4n) is 0.0831. The fraction of sp³-hybridized carbons (Fsp3) is 0.333. The molecule has 0 aromatic rings. The molecule has 0 aliphatic heterocycles. The number of hydrogen-bond donors (Lipinski definition) is 1. The third-order valence-electron chi connectivity index (χ3n) is 0.324. The Bertz CT molecular complexity index is 104. The van der Waals surface area contributed by atoms with Crippen LogP contribution < -0.4 is 0 Å². The molecule has 0 aliphatic rings. The second-order valence-corrected chi connectivity index (χ2v) is 2.55. The average molecular weight is 132 g/mol. The summed E-state index contributed by atoms with van der Waals surface area (Å²) < 4.78 is 0.350. The summed E-state index contributed by atoms with van der Waals surface area (Å²) in [5.74, 6) is 0. The number of nitrogens with one attached hydrogen (secondary N) is 1. The first-order chi connectivity index (χ1) is 3.31. The van der Waals surface area contributed by atoms with Crippen LogP contribution in [0.1, 0.15) is 0 Å². The van der Waals surface area contributed by atoms with Crippen LogP contribution in [0.15, 0.2) is 0 Å². The summed E-state index contributed by atoms with van der Waals surface area (Å²) in [6, 6.07) is 0. The van der Waals surface area contributed by atoms with E-state index in [4.69, 9.17) is 10.7 Å². The summed E-state index contributed by atoms with van der Waals surface area (Å²) in [4.78, 5) is 0. The van der Waals surface area contributed by atoms with Gasteiger partial charge in [-0.25, -0.2) is 0 Å². The number of thioether (sulfide) groups is 2. The first-order valence-electron chi connectivity index (χ1n) is 1.49. The Hall–Kier alpha value is -0.140. The highest BCUT2D eigenvalue weighted by molar-refractivity contribution is 8.40. The highest BCUT2D eigenvalue weighted by Gasteiger charge is 1.88. The van der Waals surface area contributed by atoms with Crippen LogP contribution in [0.3, 0.4) is 0 Å². The van der Waals surface area contributed by atoms with Gasteiger partial charge in [0.05, 0.1) is 0 Å². The van der Waals surface area contributed by atoms with Gasteiger partial charge < -0.3 is 0 Å². The zero-order valence-corrected chi connectivity index (χ0v) is 5.40. The molecule has 0 rings (SSSR count). The lowest BCUT2D eigenvalue weighted by atomic mass is 11.7. The summed E-state index contributed by atoms with van der Waals surface area (Å²) in [6.45, 7) is 0. The predicted molar refractivity (Wildman–Crippen MR) is 34.4 cm³/mol. The monoisotopic (exact) mass is 132 g/mol. The SMILES string of the molecule is CSC(=N)SC#N. The predicted octanol–water partition coefficient (Wildman–Crippen LogP) is 1.50. The van der Waals surface area contributed by atoms with Gasteiger partial charge >= 0.3 is 0 Å². The molecule has 1 N–H and O–H groups in total. The van der Waals surface area contributed by atoms with Gasteiger partial charge in [-0.3, -0.25) is 5.41 Å². The molecule has 0 heterocycles. The summed E-state index contributed by atoms with van der Waals surface area (Å²) in [7, 11) is 0. The Balaban J connectivity index is 3.23. The molecule has 38 valence electrons. The molecule has 0 atom stereocenters. The summed E-state index contributed by atoms with van der Waals surface area (Å²) >= 11 is 2.16. The van der Waals surface area contributed by atoms with Crippen LogP contribution in [0.4, 0.5) is 0 Å². The van der Waals surface area contributed by atoms with Crippen molar-refractivity contribution >= 4 is 27.9 Å². The molecule has 4 heteroatoms. The highest BCUT2D eigenvalue weighted by atomic mass is 32.2. The smallest absolute Gasteiger partial charge is 0.140 e. The van der Waals surface area contributed by atoms with E-state index in [1.807, 2.05) is 0 Å². The molecule has 0 fully saturated rings. The van der Waals surface area contributed by atoms with Crippen molar-refractivity contribution in [3.8, 4) is 5.40 Å². The highest BCUT2D eigenvalue weighted by Crippen LogP contribution is 2.08. The van der Waals surface area contributed by atoms with Gasteiger partial charge in [0.2, 0.25) is 0 Å². The van der Waals surface area contributed by atoms with Gasteiger partial charge in [-0.1, -0.05) is 0 Å². The van der Waals surface area contributed by atoms with E-state index < -0.39 is 0 Å². The van der Waals surface area contributed by atoms with Crippen LogP contribution in [0.2, 0.25) is 0 Å². The number of thiocyanates is 1. The lowest BCUT2D eigenvalue weighted by Gasteiger charge is -1.83. The van der Waals surface area contributed by atoms with E-state index in [1.54, 1.807) is 11.7 Å². The topological polar surface area (TPSA) is 47.6 Å². The van der Waals surface area contributed by atoms with Crippen molar-refractivity contribution in [2.75, 3.05) is 6.26 Å². The van der Waals surface area contributed by atoms with Crippen molar-refractivity contribution < 1.29 is 0 Å². The normalized spacial score (nSPS) is 7.43. The van der Waals surface area contributed by atoms with E-state index in [-0.39, 0.29) is 0 Å². The van der Waals surface area contributed by atoms with Crippen LogP contribution in [0.25, 0.3) is 0 Å². The molecule has 0 aromatic carbocycles. The van der Waals surface area contributed by atoms with E-state index in [2.05, 4.69) is 0 Å². The molecule has 7 heavy (non-hydrogen) atoms. The minimum atomic E-state index is 0.350. The minimum absolute atomic E-state index is 0.350. The second-order valence-electron chi connectivity index (χ2n) is 0.685. The quantitative estimate of drug-likeness (QED) is 0.308. The Morgan fingerprint density at radius 3 is 2.57 bits per heavy atom. The Morgan fingerprint density at radius 1 is 1.86 bits per heavy atom. The van der Waals surface area contributed by atoms with Crippen LogP contribution >= 0.6 is 23.5 Å². The number of rotatable bonds is 0. The molecule has 2 nitrogen and oxygen atoms in total. The molecule has 0 unspecified atom stereocenters. The molecular weight excluding hydrogens is 128 g/mol. The van der Waals surface area contributed by atoms with Gasteiger partial charge in [-0.2, -0.15) is 5.26 Å². The van der Waals surface area contributed by atoms with Crippen molar-refractivity contribution in [2.24, 2.45) is 0 Å². The van der Waals surface area contributed by atoms with Crippen molar-refractivity contribution in [1.82, 2.24) is 0 Å². The van der Waals surface area contributed by atoms with Gasteiger partial charge in [0.1, 0.15) is 9.78 Å². The van der Waals surface area contributed by atoms with E-state index in [0.717, 1.165) is 11.8 Å². The largest absolute Gasteiger partial charge is 0.287 e. The maximum atomic E-state index is 7.93. The number of hydrogen-bond acceptors (Lipinski definition) is 4. The van der Waals surface area contributed by atoms with Gasteiger partial charge in [-0.15, -0.1) is 11.8 Å². The van der Waals surface area contributed by atoms with Crippen molar-refractivity contribution in [1.29, 1.82) is 10.7 Å². The third kappa shape index (κ3) is 3.70. The van der Waals surface area contributed by atoms with Crippen LogP contribution in [0.5, 0.6) is 0 Å². The zero-order chi connectivity index (χ0) is 5.70. The van der Waals surface area contributed by atoms with Crippen molar-refractivity contribution in [2.45, 2.75) is 0 Å². The minimum Gasteiger partial charge on any atom is -0.287 e. The van der Waals surface area contributed by atoms with Crippen LogP contribution in [0, 0.1) is 16.1 Å². The summed E-state index contributed by atoms with van der Waals surface area (Å²) in [5.41, 5.74) is 0. The lowest BCUT2D eigenvalue weighted by molar-refractivity contribution is 1.57. The maximum absolute atomic E-state index is 7.93. The first kappa shape index (κ1) is 6.86. The molecule has 0 saturated carbocycles. The molecule has 0 amide bonds. The first-order valence-corrected chi connectivity index (χ1v) is 3.54. The van der Waals surface area contributed by atoms with Crippen LogP contribution in [-0.4, -0.2) is 10.6 Å². The summed E-state index contributed by atoms with van der Waals surface area (Å²) in [5, 5.41) is 16.6. The van der Waals surface area contributed by atoms with E-state index in [0.29, 0.717) is 4.38 Å². The second kappa shape index (κ2) is 4.03. The van der Waals surface area contributed by atoms with E-state index >= 15 is 0 Å². The van der Waals surface area contributed by atoms with Gasteiger partial charge in [0.25, 0.3) is 0 Å². The van der Waals surface area contributed by atoms with Crippen LogP contribution in [-0.2, 0) is 0 Å². The molecule has 0 spiro atoms. The maximum Gasteiger partial charge on any atom is 0.140 e. The van der Waals surface area contributed by atoms with Crippen molar-refractivity contribution in [3.63, 3.8) is 0 Å². The molecule has 0 bridgehead atoms. The van der Waals surface area contributed by atoms with E-state index in [1.165, 1.54) is 11.8 Å². The zero-order valence-electron chi connectivity index (χ0n) is 3.76. The standard InChI is InChI=1S/C3H4N2S2/c1-6-3(5)7-2-4/h5H,1H3. The van der Waals surface area contributed by atoms with Gasteiger partial charge in [0.15, 0.2) is 0 Å². The number of nitriles is 1. The van der Waals surface area contributed by atoms with Gasteiger partial charge in [0, 0.05) is 11.8 Å². The molecule has 0 aromatic heterocycles. The van der Waals surface area contributed by atoms with E-state index in [9.17, 15) is 0 Å². The molecule has 0 radical (unpaired) electrons. The lowest BCUT2D eigenvalue weighted by Crippen LogP contribution is -1.72. The summed E-state index contributed by atoms with van der Waals surface area (Å²) in [6.07, 6.45) is 1.77. The molecule has 0 aliphatic carbocycles. The number of nitrogens with zero attached hydrogens (tertiary/aromatic N) is 1. The fourth-order valence-corrected chi connectivity index (χ4v) is 0.611. The molecular formula is C3H4N2S2. The Kier molecular flexibility index (Phi) is 3.95. The Morgan fingerprint density at radius 2 is 2.43 bits per heavy atom. The molecule has 0 saturated heterocycles. The Labute approximate surface area is 50.8 Å². The van der Waals surface area contributed by atoms with Gasteiger partial charge in [-0.05, 0) is 6.26 Å².